The van der Waals surface area contributed by atoms with Gasteiger partial charge >= 0.3 is 0 Å². The molecule has 1 amide bonds. The van der Waals surface area contributed by atoms with E-state index in [1.165, 1.54) is 5.56 Å². The number of likely N-dealkylation sites (tertiary alicyclic amines) is 1. The SMILES string of the molecule is CNC(=O)C1(C)CCN(Cc2cccc(Br)c2)C1. The summed E-state index contributed by atoms with van der Waals surface area (Å²) in [5.41, 5.74) is 1.05. The van der Waals surface area contributed by atoms with E-state index in [1.54, 1.807) is 7.05 Å². The monoisotopic (exact) mass is 310 g/mol. The second-order valence-electron chi connectivity index (χ2n) is 5.23. The van der Waals surface area contributed by atoms with Gasteiger partial charge in [-0.25, -0.2) is 0 Å². The molecule has 3 nitrogen and oxygen atoms in total. The maximum atomic E-state index is 11.8. The van der Waals surface area contributed by atoms with E-state index in [0.29, 0.717) is 0 Å². The summed E-state index contributed by atoms with van der Waals surface area (Å²) < 4.78 is 1.10. The van der Waals surface area contributed by atoms with Gasteiger partial charge in [0.1, 0.15) is 0 Å². The molecule has 1 saturated heterocycles. The summed E-state index contributed by atoms with van der Waals surface area (Å²) in [7, 11) is 1.71. The Hall–Kier alpha value is -0.870. The van der Waals surface area contributed by atoms with Crippen LogP contribution < -0.4 is 5.32 Å². The largest absolute Gasteiger partial charge is 0.359 e. The molecule has 18 heavy (non-hydrogen) atoms. The first kappa shape index (κ1) is 13.6. The molecule has 0 aliphatic carbocycles. The van der Waals surface area contributed by atoms with E-state index in [2.05, 4.69) is 38.3 Å². The van der Waals surface area contributed by atoms with Crippen molar-refractivity contribution in [3.63, 3.8) is 0 Å². The van der Waals surface area contributed by atoms with Crippen LogP contribution in [0.5, 0.6) is 0 Å². The predicted octanol–water partition coefficient (Wildman–Crippen LogP) is 2.41. The number of hydrogen-bond acceptors (Lipinski definition) is 2. The Balaban J connectivity index is 2.00. The zero-order valence-electron chi connectivity index (χ0n) is 10.9. The molecule has 1 aromatic rings. The molecule has 1 atom stereocenters. The summed E-state index contributed by atoms with van der Waals surface area (Å²) in [5.74, 6) is 0.152. The lowest BCUT2D eigenvalue weighted by molar-refractivity contribution is -0.129. The highest BCUT2D eigenvalue weighted by Crippen LogP contribution is 2.31. The zero-order chi connectivity index (χ0) is 13.2. The number of nitrogens with zero attached hydrogens (tertiary/aromatic N) is 1. The van der Waals surface area contributed by atoms with Crippen LogP contribution in [0.3, 0.4) is 0 Å². The normalized spacial score (nSPS) is 24.2. The number of amides is 1. The van der Waals surface area contributed by atoms with Crippen LogP contribution >= 0.6 is 15.9 Å². The van der Waals surface area contributed by atoms with Crippen molar-refractivity contribution < 1.29 is 4.79 Å². The predicted molar refractivity (Wildman–Crippen MR) is 76.2 cm³/mol. The molecule has 1 unspecified atom stereocenters. The molecule has 1 aromatic carbocycles. The number of hydrogen-bond donors (Lipinski definition) is 1. The second-order valence-corrected chi connectivity index (χ2v) is 6.15. The van der Waals surface area contributed by atoms with Crippen molar-refractivity contribution in [1.29, 1.82) is 0 Å². The van der Waals surface area contributed by atoms with Crippen LogP contribution in [-0.4, -0.2) is 30.9 Å². The van der Waals surface area contributed by atoms with E-state index in [-0.39, 0.29) is 11.3 Å². The van der Waals surface area contributed by atoms with E-state index < -0.39 is 0 Å². The van der Waals surface area contributed by atoms with E-state index in [4.69, 9.17) is 0 Å². The van der Waals surface area contributed by atoms with Gasteiger partial charge in [0.25, 0.3) is 0 Å². The molecule has 0 bridgehead atoms. The lowest BCUT2D eigenvalue weighted by atomic mass is 9.89. The molecule has 1 aliphatic rings. The third-order valence-electron chi connectivity index (χ3n) is 3.62. The minimum atomic E-state index is -0.235. The fourth-order valence-electron chi connectivity index (χ4n) is 2.57. The fraction of sp³-hybridized carbons (Fsp3) is 0.500. The van der Waals surface area contributed by atoms with Gasteiger partial charge < -0.3 is 5.32 Å². The minimum absolute atomic E-state index is 0.152. The summed E-state index contributed by atoms with van der Waals surface area (Å²) in [6.07, 6.45) is 0.931. The smallest absolute Gasteiger partial charge is 0.227 e. The Morgan fingerprint density at radius 1 is 1.56 bits per heavy atom. The van der Waals surface area contributed by atoms with Gasteiger partial charge in [0.05, 0.1) is 5.41 Å². The summed E-state index contributed by atoms with van der Waals surface area (Å²) in [5, 5.41) is 2.77. The Kier molecular flexibility index (Phi) is 4.07. The fourth-order valence-corrected chi connectivity index (χ4v) is 3.02. The number of benzene rings is 1. The minimum Gasteiger partial charge on any atom is -0.359 e. The zero-order valence-corrected chi connectivity index (χ0v) is 12.5. The standard InChI is InChI=1S/C14H19BrN2O/c1-14(13(18)16-2)6-7-17(10-14)9-11-4-3-5-12(15)8-11/h3-5,8H,6-7,9-10H2,1-2H3,(H,16,18). The van der Waals surface area contributed by atoms with Crippen molar-refractivity contribution in [3.8, 4) is 0 Å². The molecule has 1 aliphatic heterocycles. The van der Waals surface area contributed by atoms with Crippen molar-refractivity contribution >= 4 is 21.8 Å². The van der Waals surface area contributed by atoms with E-state index in [0.717, 1.165) is 30.5 Å². The van der Waals surface area contributed by atoms with Gasteiger partial charge in [0.15, 0.2) is 0 Å². The maximum Gasteiger partial charge on any atom is 0.227 e. The molecule has 1 fully saturated rings. The first-order valence-corrected chi connectivity index (χ1v) is 7.02. The second kappa shape index (κ2) is 5.41. The van der Waals surface area contributed by atoms with E-state index in [9.17, 15) is 4.79 Å². The lowest BCUT2D eigenvalue weighted by Crippen LogP contribution is -2.39. The molecule has 0 radical (unpaired) electrons. The highest BCUT2D eigenvalue weighted by atomic mass is 79.9. The molecule has 2 rings (SSSR count). The molecular formula is C14H19BrN2O. The average molecular weight is 311 g/mol. The van der Waals surface area contributed by atoms with Crippen molar-refractivity contribution in [2.75, 3.05) is 20.1 Å². The number of halogens is 1. The quantitative estimate of drug-likeness (QED) is 0.930. The molecule has 98 valence electrons. The number of rotatable bonds is 3. The van der Waals surface area contributed by atoms with Crippen molar-refractivity contribution in [2.24, 2.45) is 5.41 Å². The molecule has 0 saturated carbocycles. The first-order chi connectivity index (χ1) is 8.53. The van der Waals surface area contributed by atoms with Gasteiger partial charge in [-0.15, -0.1) is 0 Å². The highest BCUT2D eigenvalue weighted by molar-refractivity contribution is 9.10. The van der Waals surface area contributed by atoms with Crippen molar-refractivity contribution in [1.82, 2.24) is 10.2 Å². The third kappa shape index (κ3) is 2.93. The Morgan fingerprint density at radius 3 is 3.00 bits per heavy atom. The molecular weight excluding hydrogens is 292 g/mol. The number of nitrogens with one attached hydrogen (secondary N) is 1. The summed E-state index contributed by atoms with van der Waals surface area (Å²) in [6.45, 7) is 4.77. The molecule has 1 heterocycles. The van der Waals surface area contributed by atoms with Crippen LogP contribution in [-0.2, 0) is 11.3 Å². The van der Waals surface area contributed by atoms with Crippen LogP contribution in [0.1, 0.15) is 18.9 Å². The van der Waals surface area contributed by atoms with Gasteiger partial charge in [0, 0.05) is 24.6 Å². The molecule has 0 aromatic heterocycles. The van der Waals surface area contributed by atoms with Gasteiger partial charge in [0.2, 0.25) is 5.91 Å². The molecule has 4 heteroatoms. The first-order valence-electron chi connectivity index (χ1n) is 6.22. The summed E-state index contributed by atoms with van der Waals surface area (Å²) >= 11 is 3.49. The Morgan fingerprint density at radius 2 is 2.33 bits per heavy atom. The van der Waals surface area contributed by atoms with E-state index in [1.807, 2.05) is 19.1 Å². The topological polar surface area (TPSA) is 32.3 Å². The molecule has 1 N–H and O–H groups in total. The van der Waals surface area contributed by atoms with Crippen molar-refractivity contribution in [3.05, 3.63) is 34.3 Å². The average Bonchev–Trinajstić information content (AvgIpc) is 2.71. The maximum absolute atomic E-state index is 11.8. The summed E-state index contributed by atoms with van der Waals surface area (Å²) in [4.78, 5) is 14.2. The van der Waals surface area contributed by atoms with Gasteiger partial charge in [-0.05, 0) is 37.6 Å². The van der Waals surface area contributed by atoms with Crippen LogP contribution in [0.15, 0.2) is 28.7 Å². The lowest BCUT2D eigenvalue weighted by Gasteiger charge is -2.22. The van der Waals surface area contributed by atoms with Gasteiger partial charge in [-0.1, -0.05) is 28.1 Å². The number of carbonyl (C=O) groups excluding carboxylic acids is 1. The van der Waals surface area contributed by atoms with Gasteiger partial charge in [-0.2, -0.15) is 0 Å². The third-order valence-corrected chi connectivity index (χ3v) is 4.12. The van der Waals surface area contributed by atoms with Crippen LogP contribution in [0.25, 0.3) is 0 Å². The van der Waals surface area contributed by atoms with Crippen LogP contribution in [0.4, 0.5) is 0 Å². The van der Waals surface area contributed by atoms with E-state index >= 15 is 0 Å². The van der Waals surface area contributed by atoms with Crippen molar-refractivity contribution in [2.45, 2.75) is 19.9 Å². The van der Waals surface area contributed by atoms with Crippen LogP contribution in [0, 0.1) is 5.41 Å². The highest BCUT2D eigenvalue weighted by Gasteiger charge is 2.39. The Labute approximate surface area is 117 Å². The van der Waals surface area contributed by atoms with Gasteiger partial charge in [-0.3, -0.25) is 9.69 Å². The molecule has 0 spiro atoms. The summed E-state index contributed by atoms with van der Waals surface area (Å²) in [6, 6.07) is 8.34. The number of carbonyl (C=O) groups is 1. The Bertz CT molecular complexity index is 449. The van der Waals surface area contributed by atoms with Crippen LogP contribution in [0.2, 0.25) is 0 Å².